The lowest BCUT2D eigenvalue weighted by Gasteiger charge is -2.16. The van der Waals surface area contributed by atoms with E-state index in [4.69, 9.17) is 15.4 Å². The van der Waals surface area contributed by atoms with E-state index in [1.54, 1.807) is 13.2 Å². The maximum absolute atomic E-state index is 11.1. The SMILES string of the molecule is CC.COC1CCN(c2ccc(S(=O)(=O)Cl)cn2)C1. The smallest absolute Gasteiger partial charge is 0.262 e. The van der Waals surface area contributed by atoms with Crippen LogP contribution in [0.1, 0.15) is 20.3 Å². The number of hydrogen-bond donors (Lipinski definition) is 0. The Bertz CT molecular complexity index is 490. The Hall–Kier alpha value is -0.850. The Kier molecular flexibility index (Phi) is 6.03. The molecule has 0 spiro atoms. The standard InChI is InChI=1S/C10H13ClN2O3S.C2H6/c1-16-8-4-5-13(7-8)10-3-2-9(6-12-10)17(11,14)15;1-2/h2-3,6,8H,4-5,7H2,1H3;1-2H3. The molecule has 0 aromatic carbocycles. The number of aromatic nitrogens is 1. The van der Waals surface area contributed by atoms with Crippen molar-refractivity contribution in [3.05, 3.63) is 18.3 Å². The number of halogens is 1. The molecule has 5 nitrogen and oxygen atoms in total. The van der Waals surface area contributed by atoms with Crippen molar-refractivity contribution in [2.45, 2.75) is 31.3 Å². The maximum Gasteiger partial charge on any atom is 0.262 e. The van der Waals surface area contributed by atoms with Gasteiger partial charge in [-0.3, -0.25) is 0 Å². The number of pyridine rings is 1. The van der Waals surface area contributed by atoms with Gasteiger partial charge in [0, 0.05) is 37.1 Å². The van der Waals surface area contributed by atoms with E-state index in [1.165, 1.54) is 12.3 Å². The van der Waals surface area contributed by atoms with Crippen molar-refractivity contribution < 1.29 is 13.2 Å². The minimum Gasteiger partial charge on any atom is -0.380 e. The van der Waals surface area contributed by atoms with E-state index in [9.17, 15) is 8.42 Å². The van der Waals surface area contributed by atoms with Gasteiger partial charge in [0.1, 0.15) is 10.7 Å². The van der Waals surface area contributed by atoms with Gasteiger partial charge in [0.2, 0.25) is 0 Å². The summed E-state index contributed by atoms with van der Waals surface area (Å²) in [6.07, 6.45) is 2.44. The zero-order chi connectivity index (χ0) is 14.5. The predicted molar refractivity (Wildman–Crippen MR) is 76.3 cm³/mol. The van der Waals surface area contributed by atoms with Crippen LogP contribution in [0, 0.1) is 0 Å². The molecule has 0 bridgehead atoms. The molecule has 0 amide bonds. The summed E-state index contributed by atoms with van der Waals surface area (Å²) in [4.78, 5) is 6.18. The van der Waals surface area contributed by atoms with E-state index in [0.29, 0.717) is 0 Å². The fourth-order valence-corrected chi connectivity index (χ4v) is 2.52. The number of methoxy groups -OCH3 is 1. The van der Waals surface area contributed by atoms with Crippen LogP contribution < -0.4 is 4.90 Å². The second-order valence-electron chi connectivity index (χ2n) is 3.88. The van der Waals surface area contributed by atoms with Crippen LogP contribution in [0.5, 0.6) is 0 Å². The van der Waals surface area contributed by atoms with Crippen LogP contribution in [0.15, 0.2) is 23.2 Å². The third kappa shape index (κ3) is 4.33. The fourth-order valence-electron chi connectivity index (χ4n) is 1.83. The van der Waals surface area contributed by atoms with Crippen LogP contribution in [0.3, 0.4) is 0 Å². The van der Waals surface area contributed by atoms with Gasteiger partial charge >= 0.3 is 0 Å². The van der Waals surface area contributed by atoms with Gasteiger partial charge in [-0.25, -0.2) is 13.4 Å². The van der Waals surface area contributed by atoms with Crippen LogP contribution in [-0.2, 0) is 13.8 Å². The maximum atomic E-state index is 11.1. The van der Waals surface area contributed by atoms with Crippen LogP contribution >= 0.6 is 10.7 Å². The minimum atomic E-state index is -3.69. The van der Waals surface area contributed by atoms with Crippen LogP contribution in [0.4, 0.5) is 5.82 Å². The van der Waals surface area contributed by atoms with E-state index in [0.717, 1.165) is 25.3 Å². The lowest BCUT2D eigenvalue weighted by molar-refractivity contribution is 0.121. The molecule has 2 rings (SSSR count). The molecule has 1 aliphatic rings. The highest BCUT2D eigenvalue weighted by Gasteiger charge is 2.23. The molecular weight excluding hydrogens is 288 g/mol. The van der Waals surface area contributed by atoms with Crippen LogP contribution in [0.25, 0.3) is 0 Å². The Morgan fingerprint density at radius 1 is 1.42 bits per heavy atom. The quantitative estimate of drug-likeness (QED) is 0.802. The van der Waals surface area contributed by atoms with Crippen molar-refractivity contribution in [1.82, 2.24) is 4.98 Å². The highest BCUT2D eigenvalue weighted by Crippen LogP contribution is 2.21. The summed E-state index contributed by atoms with van der Waals surface area (Å²) >= 11 is 0. The third-order valence-corrected chi connectivity index (χ3v) is 4.14. The first-order valence-electron chi connectivity index (χ1n) is 6.19. The van der Waals surface area contributed by atoms with Gasteiger partial charge in [-0.1, -0.05) is 13.8 Å². The number of anilines is 1. The summed E-state index contributed by atoms with van der Waals surface area (Å²) < 4.78 is 27.4. The Balaban J connectivity index is 0.000000861. The van der Waals surface area contributed by atoms with Gasteiger partial charge in [-0.05, 0) is 18.6 Å². The summed E-state index contributed by atoms with van der Waals surface area (Å²) in [6.45, 7) is 5.63. The number of rotatable bonds is 3. The predicted octanol–water partition coefficient (Wildman–Crippen LogP) is 2.26. The van der Waals surface area contributed by atoms with Gasteiger partial charge in [0.05, 0.1) is 6.10 Å². The molecule has 0 radical (unpaired) electrons. The van der Waals surface area contributed by atoms with Crippen LogP contribution in [0.2, 0.25) is 0 Å². The summed E-state index contributed by atoms with van der Waals surface area (Å²) in [7, 11) is 3.21. The normalized spacial score (nSPS) is 18.9. The van der Waals surface area contributed by atoms with Gasteiger partial charge in [0.25, 0.3) is 9.05 Å². The number of ether oxygens (including phenoxy) is 1. The summed E-state index contributed by atoms with van der Waals surface area (Å²) in [5.74, 6) is 0.744. The lowest BCUT2D eigenvalue weighted by Crippen LogP contribution is -2.23. The molecule has 0 N–H and O–H groups in total. The molecule has 1 saturated heterocycles. The van der Waals surface area contributed by atoms with Crippen molar-refractivity contribution in [2.24, 2.45) is 0 Å². The molecule has 108 valence electrons. The van der Waals surface area contributed by atoms with E-state index in [-0.39, 0.29) is 11.0 Å². The molecule has 1 aliphatic heterocycles. The second-order valence-corrected chi connectivity index (χ2v) is 6.45. The second kappa shape index (κ2) is 7.07. The molecule has 7 heteroatoms. The average molecular weight is 307 g/mol. The molecule has 19 heavy (non-hydrogen) atoms. The van der Waals surface area contributed by atoms with Crippen molar-refractivity contribution >= 4 is 25.6 Å². The zero-order valence-electron chi connectivity index (χ0n) is 11.3. The molecule has 1 atom stereocenters. The van der Waals surface area contributed by atoms with E-state index >= 15 is 0 Å². The Labute approximate surface area is 119 Å². The number of hydrogen-bond acceptors (Lipinski definition) is 5. The molecule has 1 unspecified atom stereocenters. The minimum absolute atomic E-state index is 0.0189. The lowest BCUT2D eigenvalue weighted by atomic mass is 10.3. The number of nitrogens with zero attached hydrogens (tertiary/aromatic N) is 2. The molecular formula is C12H19ClN2O3S. The van der Waals surface area contributed by atoms with Crippen molar-refractivity contribution in [3.8, 4) is 0 Å². The summed E-state index contributed by atoms with van der Waals surface area (Å²) in [5.41, 5.74) is 0. The fraction of sp³-hybridized carbons (Fsp3) is 0.583. The van der Waals surface area contributed by atoms with Crippen molar-refractivity contribution in [1.29, 1.82) is 0 Å². The Morgan fingerprint density at radius 2 is 2.11 bits per heavy atom. The first-order valence-corrected chi connectivity index (χ1v) is 8.50. The first-order chi connectivity index (χ1) is 9.00. The van der Waals surface area contributed by atoms with Gasteiger partial charge in [0.15, 0.2) is 0 Å². The molecule has 0 saturated carbocycles. The van der Waals surface area contributed by atoms with Gasteiger partial charge in [-0.15, -0.1) is 0 Å². The monoisotopic (exact) mass is 306 g/mol. The molecule has 2 heterocycles. The van der Waals surface area contributed by atoms with Gasteiger partial charge in [-0.2, -0.15) is 0 Å². The summed E-state index contributed by atoms with van der Waals surface area (Å²) in [6, 6.07) is 3.12. The van der Waals surface area contributed by atoms with Crippen LogP contribution in [-0.4, -0.2) is 39.7 Å². The highest BCUT2D eigenvalue weighted by atomic mass is 35.7. The van der Waals surface area contributed by atoms with E-state index < -0.39 is 9.05 Å². The molecule has 1 fully saturated rings. The van der Waals surface area contributed by atoms with Crippen molar-refractivity contribution in [3.63, 3.8) is 0 Å². The molecule has 0 aliphatic carbocycles. The summed E-state index contributed by atoms with van der Waals surface area (Å²) in [5, 5.41) is 0. The Morgan fingerprint density at radius 3 is 2.53 bits per heavy atom. The van der Waals surface area contributed by atoms with E-state index in [2.05, 4.69) is 9.88 Å². The zero-order valence-corrected chi connectivity index (χ0v) is 12.9. The molecule has 1 aromatic rings. The average Bonchev–Trinajstić information content (AvgIpc) is 2.89. The molecule has 1 aromatic heterocycles. The topological polar surface area (TPSA) is 59.5 Å². The third-order valence-electron chi connectivity index (χ3n) is 2.80. The highest BCUT2D eigenvalue weighted by molar-refractivity contribution is 8.13. The van der Waals surface area contributed by atoms with E-state index in [1.807, 2.05) is 13.8 Å². The first kappa shape index (κ1) is 16.2. The van der Waals surface area contributed by atoms with Gasteiger partial charge < -0.3 is 9.64 Å². The van der Waals surface area contributed by atoms with Crippen molar-refractivity contribution in [2.75, 3.05) is 25.1 Å². The largest absolute Gasteiger partial charge is 0.380 e.